The molecule has 1 aliphatic heterocycles. The molecule has 11 heteroatoms. The van der Waals surface area contributed by atoms with Crippen LogP contribution in [0.25, 0.3) is 0 Å². The zero-order valence-corrected chi connectivity index (χ0v) is 26.0. The summed E-state index contributed by atoms with van der Waals surface area (Å²) in [5.74, 6) is -0.718. The summed E-state index contributed by atoms with van der Waals surface area (Å²) >= 11 is 0. The molecular weight excluding hydrogens is 546 g/mol. The van der Waals surface area contributed by atoms with Gasteiger partial charge in [-0.1, -0.05) is 38.3 Å². The number of nitrogens with one attached hydrogen (secondary N) is 3. The summed E-state index contributed by atoms with van der Waals surface area (Å²) in [7, 11) is 2.04. The molecule has 3 N–H and O–H groups in total. The zero-order valence-electron chi connectivity index (χ0n) is 26.0. The summed E-state index contributed by atoms with van der Waals surface area (Å²) in [5, 5.41) is 13.2. The van der Waals surface area contributed by atoms with Crippen molar-refractivity contribution in [1.29, 1.82) is 0 Å². The molecule has 2 aromatic rings. The Morgan fingerprint density at radius 1 is 0.977 bits per heavy atom. The van der Waals surface area contributed by atoms with E-state index in [0.29, 0.717) is 43.9 Å². The van der Waals surface area contributed by atoms with Crippen molar-refractivity contribution in [3.05, 3.63) is 47.3 Å². The summed E-state index contributed by atoms with van der Waals surface area (Å²) in [6, 6.07) is 6.03. The zero-order chi connectivity index (χ0) is 30.9. The number of aryl methyl sites for hydroxylation is 2. The molecule has 2 fully saturated rings. The first-order chi connectivity index (χ1) is 20.7. The van der Waals surface area contributed by atoms with Gasteiger partial charge >= 0.3 is 0 Å². The third kappa shape index (κ3) is 8.43. The number of likely N-dealkylation sites (N-methyl/N-ethyl adjacent to an activating group) is 1. The third-order valence-corrected chi connectivity index (χ3v) is 8.70. The van der Waals surface area contributed by atoms with Gasteiger partial charge in [0, 0.05) is 57.4 Å². The molecular formula is C32H47N7O4. The Labute approximate surface area is 254 Å². The molecule has 0 unspecified atom stereocenters. The van der Waals surface area contributed by atoms with Crippen molar-refractivity contribution < 1.29 is 19.2 Å². The van der Waals surface area contributed by atoms with Crippen LogP contribution in [0.1, 0.15) is 74.0 Å². The van der Waals surface area contributed by atoms with Gasteiger partial charge in [0.2, 0.25) is 17.7 Å². The van der Waals surface area contributed by atoms with Gasteiger partial charge in [0.25, 0.3) is 5.91 Å². The minimum absolute atomic E-state index is 0.0544. The first-order valence-electron chi connectivity index (χ1n) is 15.7. The van der Waals surface area contributed by atoms with E-state index < -0.39 is 12.1 Å². The number of aromatic nitrogens is 2. The van der Waals surface area contributed by atoms with E-state index in [4.69, 9.17) is 0 Å². The maximum absolute atomic E-state index is 13.7. The molecule has 0 bridgehead atoms. The summed E-state index contributed by atoms with van der Waals surface area (Å²) in [6.45, 7) is 9.05. The maximum Gasteiger partial charge on any atom is 0.270 e. The van der Waals surface area contributed by atoms with Crippen LogP contribution in [0.5, 0.6) is 0 Å². The topological polar surface area (TPSA) is 129 Å². The van der Waals surface area contributed by atoms with Crippen molar-refractivity contribution in [3.63, 3.8) is 0 Å². The Hall–Kier alpha value is -3.73. The number of rotatable bonds is 11. The standard InChI is InChI=1S/C32H47N7O4/c1-5-28(40)34-26(32(43)38-18-16-37(4)17-19-38)21-23-12-13-25(22(3)20-23)35-31(42)29(24-10-8-7-9-11-24)36-30(41)27-14-15-33-39(27)6-2/h12-15,20,24,26,29H,5-11,16-19,21H2,1-4H3,(H,34,40)(H,35,42)(H,36,41)/t26-,29+/m1/s1. The fourth-order valence-corrected chi connectivity index (χ4v) is 6.04. The number of benzene rings is 1. The molecule has 1 aromatic heterocycles. The Morgan fingerprint density at radius 2 is 1.70 bits per heavy atom. The molecule has 1 saturated carbocycles. The lowest BCUT2D eigenvalue weighted by atomic mass is 9.83. The van der Waals surface area contributed by atoms with Crippen molar-refractivity contribution in [2.45, 2.75) is 84.3 Å². The average Bonchev–Trinajstić information content (AvgIpc) is 3.50. The van der Waals surface area contributed by atoms with Gasteiger partial charge in [0.05, 0.1) is 0 Å². The predicted molar refractivity (Wildman–Crippen MR) is 166 cm³/mol. The van der Waals surface area contributed by atoms with Crippen molar-refractivity contribution >= 4 is 29.3 Å². The highest BCUT2D eigenvalue weighted by atomic mass is 16.2. The van der Waals surface area contributed by atoms with Gasteiger partial charge in [0.1, 0.15) is 17.8 Å². The van der Waals surface area contributed by atoms with Gasteiger partial charge in [-0.25, -0.2) is 0 Å². The van der Waals surface area contributed by atoms with Crippen molar-refractivity contribution in [2.75, 3.05) is 38.5 Å². The molecule has 2 atom stereocenters. The molecule has 2 heterocycles. The molecule has 4 amide bonds. The van der Waals surface area contributed by atoms with E-state index in [1.54, 1.807) is 23.9 Å². The molecule has 234 valence electrons. The highest BCUT2D eigenvalue weighted by Crippen LogP contribution is 2.28. The highest BCUT2D eigenvalue weighted by Gasteiger charge is 2.32. The SMILES string of the molecule is CCC(=O)N[C@H](Cc1ccc(NC(=O)[C@@H](NC(=O)c2ccnn2CC)C2CCCCC2)c(C)c1)C(=O)N1CCN(C)CC1. The lowest BCUT2D eigenvalue weighted by Crippen LogP contribution is -2.54. The highest BCUT2D eigenvalue weighted by molar-refractivity contribution is 6.01. The van der Waals surface area contributed by atoms with Gasteiger partial charge < -0.3 is 25.8 Å². The minimum atomic E-state index is -0.665. The van der Waals surface area contributed by atoms with E-state index >= 15 is 0 Å². The molecule has 1 saturated heterocycles. The number of carbonyl (C=O) groups is 4. The minimum Gasteiger partial charge on any atom is -0.344 e. The molecule has 1 aromatic carbocycles. The smallest absolute Gasteiger partial charge is 0.270 e. The number of amides is 4. The molecule has 11 nitrogen and oxygen atoms in total. The van der Waals surface area contributed by atoms with Crippen LogP contribution in [0.2, 0.25) is 0 Å². The third-order valence-electron chi connectivity index (χ3n) is 8.70. The van der Waals surface area contributed by atoms with Crippen LogP contribution in [-0.4, -0.2) is 88.5 Å². The van der Waals surface area contributed by atoms with E-state index in [9.17, 15) is 19.2 Å². The number of hydrogen-bond acceptors (Lipinski definition) is 6. The second kappa shape index (κ2) is 15.1. The fraction of sp³-hybridized carbons (Fsp3) is 0.594. The first kappa shape index (κ1) is 32.2. The molecule has 2 aliphatic rings. The second-order valence-corrected chi connectivity index (χ2v) is 11.8. The van der Waals surface area contributed by atoms with Crippen molar-refractivity contribution in [1.82, 2.24) is 30.2 Å². The number of piperazine rings is 1. The van der Waals surface area contributed by atoms with E-state index in [1.165, 1.54) is 0 Å². The molecule has 0 radical (unpaired) electrons. The maximum atomic E-state index is 13.7. The van der Waals surface area contributed by atoms with E-state index in [0.717, 1.165) is 56.3 Å². The van der Waals surface area contributed by atoms with Crippen LogP contribution in [0, 0.1) is 12.8 Å². The van der Waals surface area contributed by atoms with Gasteiger partial charge in [-0.2, -0.15) is 5.10 Å². The fourth-order valence-electron chi connectivity index (χ4n) is 6.04. The Bertz CT molecular complexity index is 1280. The lowest BCUT2D eigenvalue weighted by molar-refractivity contribution is -0.137. The Kier molecular flexibility index (Phi) is 11.3. The number of carbonyl (C=O) groups excluding carboxylic acids is 4. The van der Waals surface area contributed by atoms with Gasteiger partial charge in [0.15, 0.2) is 0 Å². The first-order valence-corrected chi connectivity index (χ1v) is 15.7. The summed E-state index contributed by atoms with van der Waals surface area (Å²) in [5.41, 5.74) is 2.83. The number of nitrogens with zero attached hydrogens (tertiary/aromatic N) is 4. The van der Waals surface area contributed by atoms with Crippen LogP contribution < -0.4 is 16.0 Å². The summed E-state index contributed by atoms with van der Waals surface area (Å²) < 4.78 is 1.62. The summed E-state index contributed by atoms with van der Waals surface area (Å²) in [4.78, 5) is 56.6. The van der Waals surface area contributed by atoms with Gasteiger partial charge in [-0.05, 0) is 62.9 Å². The predicted octanol–water partition coefficient (Wildman–Crippen LogP) is 2.74. The lowest BCUT2D eigenvalue weighted by Gasteiger charge is -2.35. The molecule has 0 spiro atoms. The van der Waals surface area contributed by atoms with E-state index in [-0.39, 0.29) is 29.5 Å². The van der Waals surface area contributed by atoms with Crippen molar-refractivity contribution in [3.8, 4) is 0 Å². The monoisotopic (exact) mass is 593 g/mol. The van der Waals surface area contributed by atoms with Crippen molar-refractivity contribution in [2.24, 2.45) is 5.92 Å². The molecule has 43 heavy (non-hydrogen) atoms. The van der Waals surface area contributed by atoms with Crippen LogP contribution in [0.4, 0.5) is 5.69 Å². The Morgan fingerprint density at radius 3 is 2.35 bits per heavy atom. The quantitative estimate of drug-likeness (QED) is 0.368. The number of anilines is 1. The van der Waals surface area contributed by atoms with Crippen LogP contribution in [0.3, 0.4) is 0 Å². The van der Waals surface area contributed by atoms with E-state index in [2.05, 4.69) is 25.9 Å². The van der Waals surface area contributed by atoms with Gasteiger partial charge in [-0.15, -0.1) is 0 Å². The average molecular weight is 594 g/mol. The molecule has 4 rings (SSSR count). The normalized spacial score (nSPS) is 17.6. The molecule has 1 aliphatic carbocycles. The Balaban J connectivity index is 1.47. The van der Waals surface area contributed by atoms with Crippen LogP contribution >= 0.6 is 0 Å². The largest absolute Gasteiger partial charge is 0.344 e. The van der Waals surface area contributed by atoms with E-state index in [1.807, 2.05) is 44.0 Å². The van der Waals surface area contributed by atoms with Crippen LogP contribution in [-0.2, 0) is 27.3 Å². The van der Waals surface area contributed by atoms with Crippen LogP contribution in [0.15, 0.2) is 30.5 Å². The second-order valence-electron chi connectivity index (χ2n) is 11.8. The van der Waals surface area contributed by atoms with Gasteiger partial charge in [-0.3, -0.25) is 23.9 Å². The summed E-state index contributed by atoms with van der Waals surface area (Å²) in [6.07, 6.45) is 7.23. The number of hydrogen-bond donors (Lipinski definition) is 3.